The smallest absolute Gasteiger partial charge is 0.321 e. The molecule has 0 aliphatic carbocycles. The molecule has 0 bridgehead atoms. The molecule has 5 heteroatoms. The first-order chi connectivity index (χ1) is 6.06. The molecule has 84 valence electrons. The van der Waals surface area contributed by atoms with E-state index in [4.69, 9.17) is 10.8 Å². The first kappa shape index (κ1) is 13.7. The van der Waals surface area contributed by atoms with Crippen LogP contribution in [0.2, 0.25) is 0 Å². The molecule has 14 heavy (non-hydrogen) atoms. The average molecular weight is 221 g/mol. The normalized spacial score (nSPS) is 15.3. The Hall–Kier alpha value is -0.260. The largest absolute Gasteiger partial charge is 0.480 e. The maximum absolute atomic E-state index is 10.7. The molecule has 0 fully saturated rings. The summed E-state index contributed by atoms with van der Waals surface area (Å²) in [4.78, 5) is 10.7. The molecule has 0 radical (unpaired) electrons. The lowest BCUT2D eigenvalue weighted by Crippen LogP contribution is -2.47. The van der Waals surface area contributed by atoms with E-state index < -0.39 is 22.4 Å². The third-order valence-corrected chi connectivity index (χ3v) is 3.66. The third kappa shape index (κ3) is 4.83. The standard InChI is InChI=1S/C9H19NO3S/c1-8(2,13)5-14-9(3,4)6(10)7(11)12/h6,13H,5,10H2,1-4H3,(H,11,12)/t6-/m0/s1. The van der Waals surface area contributed by atoms with E-state index in [9.17, 15) is 9.90 Å². The zero-order chi connectivity index (χ0) is 11.6. The van der Waals surface area contributed by atoms with Gasteiger partial charge in [-0.2, -0.15) is 11.8 Å². The second-order valence-corrected chi connectivity index (χ2v) is 6.15. The number of thioether (sulfide) groups is 1. The molecule has 0 aromatic heterocycles. The zero-order valence-corrected chi connectivity index (χ0v) is 9.89. The summed E-state index contributed by atoms with van der Waals surface area (Å²) in [5.74, 6) is -0.556. The van der Waals surface area contributed by atoms with Gasteiger partial charge in [-0.1, -0.05) is 0 Å². The van der Waals surface area contributed by atoms with Crippen molar-refractivity contribution in [2.75, 3.05) is 5.75 Å². The Labute approximate surface area is 88.9 Å². The highest BCUT2D eigenvalue weighted by molar-refractivity contribution is 8.00. The Morgan fingerprint density at radius 1 is 1.43 bits per heavy atom. The van der Waals surface area contributed by atoms with Crippen LogP contribution >= 0.6 is 11.8 Å². The molecule has 1 atom stereocenters. The Bertz CT molecular complexity index is 211. The van der Waals surface area contributed by atoms with Gasteiger partial charge in [-0.25, -0.2) is 0 Å². The van der Waals surface area contributed by atoms with Crippen molar-refractivity contribution in [2.45, 2.75) is 44.1 Å². The molecule has 0 heterocycles. The second kappa shape index (κ2) is 4.51. The number of carboxylic acid groups (broad SMARTS) is 1. The topological polar surface area (TPSA) is 83.5 Å². The van der Waals surface area contributed by atoms with Gasteiger partial charge in [0.2, 0.25) is 0 Å². The lowest BCUT2D eigenvalue weighted by Gasteiger charge is -2.30. The summed E-state index contributed by atoms with van der Waals surface area (Å²) >= 11 is 1.37. The van der Waals surface area contributed by atoms with Crippen LogP contribution in [-0.2, 0) is 4.79 Å². The monoisotopic (exact) mass is 221 g/mol. The zero-order valence-electron chi connectivity index (χ0n) is 9.07. The van der Waals surface area contributed by atoms with Crippen LogP contribution in [0.15, 0.2) is 0 Å². The quantitative estimate of drug-likeness (QED) is 0.636. The summed E-state index contributed by atoms with van der Waals surface area (Å²) in [5.41, 5.74) is 4.72. The fourth-order valence-corrected chi connectivity index (χ4v) is 1.76. The van der Waals surface area contributed by atoms with Gasteiger partial charge in [0.1, 0.15) is 6.04 Å². The summed E-state index contributed by atoms with van der Waals surface area (Å²) in [7, 11) is 0. The molecular formula is C9H19NO3S. The van der Waals surface area contributed by atoms with Gasteiger partial charge in [0.15, 0.2) is 0 Å². The molecule has 0 saturated heterocycles. The number of carboxylic acids is 1. The van der Waals surface area contributed by atoms with E-state index >= 15 is 0 Å². The lowest BCUT2D eigenvalue weighted by atomic mass is 10.1. The van der Waals surface area contributed by atoms with Crippen molar-refractivity contribution in [1.29, 1.82) is 0 Å². The van der Waals surface area contributed by atoms with Crippen LogP contribution in [0.1, 0.15) is 27.7 Å². The molecule has 0 aliphatic heterocycles. The molecule has 4 nitrogen and oxygen atoms in total. The van der Waals surface area contributed by atoms with Crippen molar-refractivity contribution >= 4 is 17.7 Å². The summed E-state index contributed by atoms with van der Waals surface area (Å²) in [5, 5.41) is 18.2. The number of aliphatic hydroxyl groups is 1. The van der Waals surface area contributed by atoms with Crippen molar-refractivity contribution in [3.63, 3.8) is 0 Å². The Kier molecular flexibility index (Phi) is 4.42. The molecule has 0 aliphatic rings. The van der Waals surface area contributed by atoms with Crippen molar-refractivity contribution in [2.24, 2.45) is 5.73 Å². The van der Waals surface area contributed by atoms with E-state index in [1.54, 1.807) is 27.7 Å². The van der Waals surface area contributed by atoms with Crippen molar-refractivity contribution in [3.8, 4) is 0 Å². The second-order valence-electron chi connectivity index (χ2n) is 4.52. The molecule has 0 amide bonds. The molecule has 0 saturated carbocycles. The van der Waals surface area contributed by atoms with E-state index in [2.05, 4.69) is 0 Å². The lowest BCUT2D eigenvalue weighted by molar-refractivity contribution is -0.139. The van der Waals surface area contributed by atoms with Gasteiger partial charge < -0.3 is 15.9 Å². The highest BCUT2D eigenvalue weighted by atomic mass is 32.2. The SMILES string of the molecule is CC(C)(O)CSC(C)(C)[C@@H](N)C(=O)O. The van der Waals surface area contributed by atoms with Gasteiger partial charge in [-0.15, -0.1) is 0 Å². The van der Waals surface area contributed by atoms with Gasteiger partial charge in [-0.3, -0.25) is 4.79 Å². The molecule has 0 spiro atoms. The maximum atomic E-state index is 10.7. The number of rotatable bonds is 5. The predicted molar refractivity (Wildman–Crippen MR) is 58.4 cm³/mol. The number of aliphatic carboxylic acids is 1. The summed E-state index contributed by atoms with van der Waals surface area (Å²) in [6.07, 6.45) is 0. The average Bonchev–Trinajstić information content (AvgIpc) is 1.98. The molecule has 4 N–H and O–H groups in total. The molecule has 0 aromatic carbocycles. The summed E-state index contributed by atoms with van der Waals surface area (Å²) < 4.78 is -0.578. The van der Waals surface area contributed by atoms with Crippen molar-refractivity contribution < 1.29 is 15.0 Å². The highest BCUT2D eigenvalue weighted by Gasteiger charge is 2.33. The van der Waals surface area contributed by atoms with Crippen molar-refractivity contribution in [3.05, 3.63) is 0 Å². The van der Waals surface area contributed by atoms with E-state index in [1.165, 1.54) is 11.8 Å². The van der Waals surface area contributed by atoms with Crippen LogP contribution in [0.25, 0.3) is 0 Å². The van der Waals surface area contributed by atoms with E-state index in [1.807, 2.05) is 0 Å². The summed E-state index contributed by atoms with van der Waals surface area (Å²) in [6.45, 7) is 6.90. The Balaban J connectivity index is 4.27. The van der Waals surface area contributed by atoms with Gasteiger partial charge in [0.05, 0.1) is 5.60 Å². The minimum atomic E-state index is -1.02. The fraction of sp³-hybridized carbons (Fsp3) is 0.889. The highest BCUT2D eigenvalue weighted by Crippen LogP contribution is 2.30. The maximum Gasteiger partial charge on any atom is 0.321 e. The van der Waals surface area contributed by atoms with Gasteiger partial charge >= 0.3 is 5.97 Å². The van der Waals surface area contributed by atoms with Gasteiger partial charge in [0.25, 0.3) is 0 Å². The first-order valence-corrected chi connectivity index (χ1v) is 5.39. The van der Waals surface area contributed by atoms with Crippen LogP contribution in [-0.4, -0.2) is 38.3 Å². The number of hydrogen-bond donors (Lipinski definition) is 3. The third-order valence-electron chi connectivity index (χ3n) is 1.81. The first-order valence-electron chi connectivity index (χ1n) is 4.41. The van der Waals surface area contributed by atoms with Crippen LogP contribution in [0, 0.1) is 0 Å². The van der Waals surface area contributed by atoms with Crippen LogP contribution < -0.4 is 5.73 Å². The van der Waals surface area contributed by atoms with E-state index in [0.29, 0.717) is 5.75 Å². The molecule has 0 rings (SSSR count). The number of hydrogen-bond acceptors (Lipinski definition) is 4. The molecular weight excluding hydrogens is 202 g/mol. The molecule has 0 aromatic rings. The van der Waals surface area contributed by atoms with Crippen LogP contribution in [0.5, 0.6) is 0 Å². The van der Waals surface area contributed by atoms with Crippen LogP contribution in [0.4, 0.5) is 0 Å². The number of nitrogens with two attached hydrogens (primary N) is 1. The Morgan fingerprint density at radius 2 is 1.86 bits per heavy atom. The fourth-order valence-electron chi connectivity index (χ4n) is 0.750. The van der Waals surface area contributed by atoms with Crippen LogP contribution in [0.3, 0.4) is 0 Å². The van der Waals surface area contributed by atoms with Gasteiger partial charge in [-0.05, 0) is 27.7 Å². The summed E-state index contributed by atoms with van der Waals surface area (Å²) in [6, 6.07) is -0.921. The minimum Gasteiger partial charge on any atom is -0.480 e. The van der Waals surface area contributed by atoms with Crippen molar-refractivity contribution in [1.82, 2.24) is 0 Å². The number of carbonyl (C=O) groups is 1. The van der Waals surface area contributed by atoms with E-state index in [-0.39, 0.29) is 0 Å². The molecule has 0 unspecified atom stereocenters. The minimum absolute atomic E-state index is 0.459. The van der Waals surface area contributed by atoms with E-state index in [0.717, 1.165) is 0 Å². The van der Waals surface area contributed by atoms with Gasteiger partial charge in [0, 0.05) is 10.5 Å². The predicted octanol–water partition coefficient (Wildman–Crippen LogP) is 0.681. The Morgan fingerprint density at radius 3 is 2.14 bits per heavy atom.